The van der Waals surface area contributed by atoms with Crippen LogP contribution in [0.25, 0.3) is 16.5 Å². The molecule has 0 spiro atoms. The molecule has 2 rings (SSSR count). The standard InChI is InChI=1S/C16H21N/c1-3-5-6-9-13(4-2)16-12-14-10-7-8-11-15(14)17-16/h4,7-8,10-12,17H,3,5-6,9H2,1-2H3/b13-4+. The second-order valence-electron chi connectivity index (χ2n) is 4.54. The van der Waals surface area contributed by atoms with Crippen molar-refractivity contribution in [1.29, 1.82) is 0 Å². The van der Waals surface area contributed by atoms with E-state index in [0.717, 1.165) is 0 Å². The summed E-state index contributed by atoms with van der Waals surface area (Å²) < 4.78 is 0. The zero-order valence-electron chi connectivity index (χ0n) is 10.8. The van der Waals surface area contributed by atoms with Crippen LogP contribution in [0.3, 0.4) is 0 Å². The Kier molecular flexibility index (Phi) is 4.03. The van der Waals surface area contributed by atoms with E-state index in [4.69, 9.17) is 0 Å². The number of allylic oxidation sites excluding steroid dienone is 2. The van der Waals surface area contributed by atoms with Gasteiger partial charge in [-0.25, -0.2) is 0 Å². The van der Waals surface area contributed by atoms with Crippen molar-refractivity contribution in [3.05, 3.63) is 42.1 Å². The minimum absolute atomic E-state index is 1.18. The molecule has 17 heavy (non-hydrogen) atoms. The van der Waals surface area contributed by atoms with E-state index in [1.165, 1.54) is 47.9 Å². The highest BCUT2D eigenvalue weighted by atomic mass is 14.7. The Hall–Kier alpha value is -1.50. The van der Waals surface area contributed by atoms with E-state index in [0.29, 0.717) is 0 Å². The summed E-state index contributed by atoms with van der Waals surface area (Å²) in [6, 6.07) is 10.7. The van der Waals surface area contributed by atoms with Crippen LogP contribution in [0.2, 0.25) is 0 Å². The first-order valence-corrected chi connectivity index (χ1v) is 6.58. The van der Waals surface area contributed by atoms with E-state index in [1.54, 1.807) is 0 Å². The topological polar surface area (TPSA) is 15.8 Å². The van der Waals surface area contributed by atoms with Gasteiger partial charge in [0.15, 0.2) is 0 Å². The predicted octanol–water partition coefficient (Wildman–Crippen LogP) is 5.15. The van der Waals surface area contributed by atoms with Crippen LogP contribution in [0.5, 0.6) is 0 Å². The molecule has 1 N–H and O–H groups in total. The van der Waals surface area contributed by atoms with Crippen molar-refractivity contribution in [3.8, 4) is 0 Å². The molecule has 1 aromatic carbocycles. The molecule has 1 heterocycles. The predicted molar refractivity (Wildman–Crippen MR) is 76.1 cm³/mol. The Morgan fingerprint density at radius 3 is 2.76 bits per heavy atom. The van der Waals surface area contributed by atoms with Gasteiger partial charge in [-0.05, 0) is 42.9 Å². The minimum Gasteiger partial charge on any atom is -0.355 e. The van der Waals surface area contributed by atoms with Crippen LogP contribution >= 0.6 is 0 Å². The molecule has 1 nitrogen and oxygen atoms in total. The van der Waals surface area contributed by atoms with E-state index < -0.39 is 0 Å². The quantitative estimate of drug-likeness (QED) is 0.680. The van der Waals surface area contributed by atoms with Gasteiger partial charge < -0.3 is 4.98 Å². The normalized spacial score (nSPS) is 12.2. The summed E-state index contributed by atoms with van der Waals surface area (Å²) in [5, 5.41) is 1.30. The van der Waals surface area contributed by atoms with Crippen LogP contribution in [0.1, 0.15) is 45.2 Å². The third-order valence-electron chi connectivity index (χ3n) is 3.27. The lowest BCUT2D eigenvalue weighted by Crippen LogP contribution is -1.85. The zero-order valence-corrected chi connectivity index (χ0v) is 10.8. The van der Waals surface area contributed by atoms with E-state index in [-0.39, 0.29) is 0 Å². The van der Waals surface area contributed by atoms with Crippen molar-refractivity contribution in [2.45, 2.75) is 39.5 Å². The van der Waals surface area contributed by atoms with Gasteiger partial charge in [0.1, 0.15) is 0 Å². The van der Waals surface area contributed by atoms with Gasteiger partial charge in [-0.15, -0.1) is 0 Å². The van der Waals surface area contributed by atoms with Gasteiger partial charge in [0.2, 0.25) is 0 Å². The molecule has 0 saturated carbocycles. The molecule has 0 atom stereocenters. The fourth-order valence-electron chi connectivity index (χ4n) is 2.25. The first kappa shape index (κ1) is 12.0. The van der Waals surface area contributed by atoms with Crippen molar-refractivity contribution < 1.29 is 0 Å². The molecule has 0 saturated heterocycles. The van der Waals surface area contributed by atoms with Crippen LogP contribution < -0.4 is 0 Å². The van der Waals surface area contributed by atoms with Gasteiger partial charge in [0, 0.05) is 11.2 Å². The molecule has 0 fully saturated rings. The van der Waals surface area contributed by atoms with Crippen molar-refractivity contribution in [3.63, 3.8) is 0 Å². The molecule has 0 bridgehead atoms. The van der Waals surface area contributed by atoms with Crippen molar-refractivity contribution in [1.82, 2.24) is 4.98 Å². The highest BCUT2D eigenvalue weighted by Crippen LogP contribution is 2.24. The van der Waals surface area contributed by atoms with Crippen molar-refractivity contribution >= 4 is 16.5 Å². The molecule has 0 aliphatic heterocycles. The van der Waals surface area contributed by atoms with Gasteiger partial charge in [0.25, 0.3) is 0 Å². The minimum atomic E-state index is 1.18. The molecule has 0 unspecified atom stereocenters. The van der Waals surface area contributed by atoms with Gasteiger partial charge in [0.05, 0.1) is 0 Å². The summed E-state index contributed by atoms with van der Waals surface area (Å²) in [6.07, 6.45) is 7.30. The Labute approximate surface area is 104 Å². The number of aromatic nitrogens is 1. The van der Waals surface area contributed by atoms with Crippen LogP contribution in [-0.2, 0) is 0 Å². The van der Waals surface area contributed by atoms with Crippen LogP contribution in [0, 0.1) is 0 Å². The SMILES string of the molecule is C/C=C(\CCCCC)c1cc2ccccc2[nH]1. The number of para-hydroxylation sites is 1. The average Bonchev–Trinajstić information content (AvgIpc) is 2.78. The van der Waals surface area contributed by atoms with E-state index >= 15 is 0 Å². The fourth-order valence-corrected chi connectivity index (χ4v) is 2.25. The Bertz CT molecular complexity index is 472. The second kappa shape index (κ2) is 5.72. The molecule has 1 heteroatoms. The Balaban J connectivity index is 2.19. The maximum Gasteiger partial charge on any atom is 0.0458 e. The molecule has 0 amide bonds. The number of hydrogen-bond donors (Lipinski definition) is 1. The van der Waals surface area contributed by atoms with Gasteiger partial charge >= 0.3 is 0 Å². The maximum absolute atomic E-state index is 3.51. The summed E-state index contributed by atoms with van der Waals surface area (Å²) in [6.45, 7) is 4.38. The average molecular weight is 227 g/mol. The van der Waals surface area contributed by atoms with Crippen LogP contribution in [0.4, 0.5) is 0 Å². The molecule has 2 aromatic rings. The first-order valence-electron chi connectivity index (χ1n) is 6.58. The number of benzene rings is 1. The number of rotatable bonds is 5. The number of fused-ring (bicyclic) bond motifs is 1. The highest BCUT2D eigenvalue weighted by Gasteiger charge is 2.04. The number of nitrogens with one attached hydrogen (secondary N) is 1. The van der Waals surface area contributed by atoms with Gasteiger partial charge in [-0.3, -0.25) is 0 Å². The third-order valence-corrected chi connectivity index (χ3v) is 3.27. The number of H-pyrrole nitrogens is 1. The van der Waals surface area contributed by atoms with Crippen LogP contribution in [-0.4, -0.2) is 4.98 Å². The molecule has 0 aliphatic carbocycles. The van der Waals surface area contributed by atoms with Crippen molar-refractivity contribution in [2.75, 3.05) is 0 Å². The summed E-state index contributed by atoms with van der Waals surface area (Å²) >= 11 is 0. The molecule has 0 radical (unpaired) electrons. The summed E-state index contributed by atoms with van der Waals surface area (Å²) in [7, 11) is 0. The Morgan fingerprint density at radius 2 is 2.06 bits per heavy atom. The fraction of sp³-hybridized carbons (Fsp3) is 0.375. The lowest BCUT2D eigenvalue weighted by molar-refractivity contribution is 0.734. The number of unbranched alkanes of at least 4 members (excludes halogenated alkanes) is 2. The summed E-state index contributed by atoms with van der Waals surface area (Å²) in [5.74, 6) is 0. The monoisotopic (exact) mass is 227 g/mol. The molecule has 90 valence electrons. The molecule has 0 aliphatic rings. The molecular weight excluding hydrogens is 206 g/mol. The first-order chi connectivity index (χ1) is 8.35. The van der Waals surface area contributed by atoms with Gasteiger partial charge in [-0.1, -0.05) is 44.0 Å². The van der Waals surface area contributed by atoms with Crippen LogP contribution in [0.15, 0.2) is 36.4 Å². The van der Waals surface area contributed by atoms with E-state index in [2.05, 4.69) is 55.2 Å². The lowest BCUT2D eigenvalue weighted by Gasteiger charge is -2.03. The number of hydrogen-bond acceptors (Lipinski definition) is 0. The van der Waals surface area contributed by atoms with Gasteiger partial charge in [-0.2, -0.15) is 0 Å². The largest absolute Gasteiger partial charge is 0.355 e. The zero-order chi connectivity index (χ0) is 12.1. The molecule has 1 aromatic heterocycles. The Morgan fingerprint density at radius 1 is 1.24 bits per heavy atom. The highest BCUT2D eigenvalue weighted by molar-refractivity contribution is 5.84. The lowest BCUT2D eigenvalue weighted by atomic mass is 10.0. The second-order valence-corrected chi connectivity index (χ2v) is 4.54. The smallest absolute Gasteiger partial charge is 0.0458 e. The maximum atomic E-state index is 3.51. The molecular formula is C16H21N. The summed E-state index contributed by atoms with van der Waals surface area (Å²) in [4.78, 5) is 3.51. The summed E-state index contributed by atoms with van der Waals surface area (Å²) in [5.41, 5.74) is 3.96. The van der Waals surface area contributed by atoms with E-state index in [1.807, 2.05) is 0 Å². The number of aromatic amines is 1. The van der Waals surface area contributed by atoms with E-state index in [9.17, 15) is 0 Å². The van der Waals surface area contributed by atoms with Crippen molar-refractivity contribution in [2.24, 2.45) is 0 Å². The third kappa shape index (κ3) is 2.79.